The number of carbonyl (C=O) groups excluding carboxylic acids is 1. The van der Waals surface area contributed by atoms with Crippen molar-refractivity contribution in [3.05, 3.63) is 34.4 Å². The van der Waals surface area contributed by atoms with Crippen molar-refractivity contribution in [1.29, 1.82) is 0 Å². The van der Waals surface area contributed by atoms with Crippen LogP contribution in [0.15, 0.2) is 34.0 Å². The Morgan fingerprint density at radius 1 is 1.52 bits per heavy atom. The summed E-state index contributed by atoms with van der Waals surface area (Å²) in [6.45, 7) is 0.554. The fourth-order valence-corrected chi connectivity index (χ4v) is 2.67. The molecule has 7 heteroatoms. The average molecular weight is 370 g/mol. The largest absolute Gasteiger partial charge is 0.410 e. The summed E-state index contributed by atoms with van der Waals surface area (Å²) in [7, 11) is 0. The number of hydrogen-bond acceptors (Lipinski definition) is 4. The van der Waals surface area contributed by atoms with Gasteiger partial charge in [0, 0.05) is 40.3 Å². The molecule has 0 spiro atoms. The van der Waals surface area contributed by atoms with E-state index < -0.39 is 0 Å². The molecule has 2 aromatic rings. The van der Waals surface area contributed by atoms with E-state index in [1.807, 2.05) is 30.7 Å². The standard InChI is InChI=1S/C14H16BrN3O2S/c1-21-5-4-16-14(19)13(18-20)6-9-8-17-12-3-2-10(15)7-11(9)12/h2-3,7-8,17,20H,4-6H2,1H3,(H,16,19)/b18-13+. The minimum absolute atomic E-state index is 0.108. The van der Waals surface area contributed by atoms with Crippen molar-refractivity contribution in [3.8, 4) is 0 Å². The van der Waals surface area contributed by atoms with Gasteiger partial charge in [0.15, 0.2) is 0 Å². The molecule has 112 valence electrons. The minimum Gasteiger partial charge on any atom is -0.410 e. The lowest BCUT2D eigenvalue weighted by atomic mass is 10.1. The van der Waals surface area contributed by atoms with Gasteiger partial charge in [0.05, 0.1) is 0 Å². The number of oxime groups is 1. The summed E-state index contributed by atoms with van der Waals surface area (Å²) in [4.78, 5) is 15.1. The number of thioether (sulfide) groups is 1. The van der Waals surface area contributed by atoms with E-state index in [1.165, 1.54) is 0 Å². The van der Waals surface area contributed by atoms with Gasteiger partial charge in [-0.1, -0.05) is 21.1 Å². The van der Waals surface area contributed by atoms with Crippen molar-refractivity contribution < 1.29 is 10.0 Å². The number of rotatable bonds is 6. The zero-order valence-corrected chi connectivity index (χ0v) is 13.9. The van der Waals surface area contributed by atoms with Crippen LogP contribution in [0.5, 0.6) is 0 Å². The van der Waals surface area contributed by atoms with Crippen molar-refractivity contribution in [2.45, 2.75) is 6.42 Å². The maximum Gasteiger partial charge on any atom is 0.269 e. The van der Waals surface area contributed by atoms with E-state index in [9.17, 15) is 4.79 Å². The fourth-order valence-electron chi connectivity index (χ4n) is 2.01. The maximum atomic E-state index is 11.9. The first-order valence-electron chi connectivity index (χ1n) is 6.39. The quantitative estimate of drug-likeness (QED) is 0.317. The number of fused-ring (bicyclic) bond motifs is 1. The molecule has 0 saturated carbocycles. The number of hydrogen-bond donors (Lipinski definition) is 3. The van der Waals surface area contributed by atoms with Gasteiger partial charge in [0.1, 0.15) is 5.71 Å². The molecular formula is C14H16BrN3O2S. The number of H-pyrrole nitrogens is 1. The highest BCUT2D eigenvalue weighted by Gasteiger charge is 2.15. The number of benzene rings is 1. The molecule has 0 unspecified atom stereocenters. The molecular weight excluding hydrogens is 354 g/mol. The third-order valence-corrected chi connectivity index (χ3v) is 4.17. The molecule has 0 fully saturated rings. The van der Waals surface area contributed by atoms with E-state index in [0.29, 0.717) is 6.54 Å². The molecule has 3 N–H and O–H groups in total. The third kappa shape index (κ3) is 4.01. The Balaban J connectivity index is 2.14. The molecule has 21 heavy (non-hydrogen) atoms. The highest BCUT2D eigenvalue weighted by Crippen LogP contribution is 2.23. The van der Waals surface area contributed by atoms with Gasteiger partial charge in [-0.3, -0.25) is 4.79 Å². The Labute approximate surface area is 135 Å². The lowest BCUT2D eigenvalue weighted by molar-refractivity contribution is -0.114. The van der Waals surface area contributed by atoms with E-state index in [1.54, 1.807) is 11.8 Å². The van der Waals surface area contributed by atoms with Gasteiger partial charge in [-0.2, -0.15) is 11.8 Å². The van der Waals surface area contributed by atoms with Gasteiger partial charge in [-0.15, -0.1) is 0 Å². The van der Waals surface area contributed by atoms with Crippen molar-refractivity contribution in [2.24, 2.45) is 5.16 Å². The van der Waals surface area contributed by atoms with E-state index in [4.69, 9.17) is 5.21 Å². The van der Waals surface area contributed by atoms with Crippen LogP contribution in [0.25, 0.3) is 10.9 Å². The van der Waals surface area contributed by atoms with Gasteiger partial charge in [-0.25, -0.2) is 0 Å². The number of nitrogens with zero attached hydrogens (tertiary/aromatic N) is 1. The molecule has 0 radical (unpaired) electrons. The Morgan fingerprint density at radius 2 is 2.33 bits per heavy atom. The first kappa shape index (κ1) is 15.9. The second kappa shape index (κ2) is 7.51. The molecule has 0 atom stereocenters. The van der Waals surface area contributed by atoms with Crippen molar-refractivity contribution in [2.75, 3.05) is 18.6 Å². The number of halogens is 1. The van der Waals surface area contributed by atoms with Gasteiger partial charge < -0.3 is 15.5 Å². The summed E-state index contributed by atoms with van der Waals surface area (Å²) in [6.07, 6.45) is 4.08. The van der Waals surface area contributed by atoms with Crippen LogP contribution in [-0.2, 0) is 11.2 Å². The summed E-state index contributed by atoms with van der Waals surface area (Å²) in [5.74, 6) is 0.487. The molecule has 1 amide bonds. The highest BCUT2D eigenvalue weighted by molar-refractivity contribution is 9.10. The van der Waals surface area contributed by atoms with Crippen LogP contribution in [0.3, 0.4) is 0 Å². The third-order valence-electron chi connectivity index (χ3n) is 3.06. The lowest BCUT2D eigenvalue weighted by Gasteiger charge is -2.05. The van der Waals surface area contributed by atoms with Crippen molar-refractivity contribution >= 4 is 50.2 Å². The van der Waals surface area contributed by atoms with Crippen molar-refractivity contribution in [3.63, 3.8) is 0 Å². The Bertz CT molecular complexity index is 669. The van der Waals surface area contributed by atoms with Crippen LogP contribution in [-0.4, -0.2) is 40.4 Å². The lowest BCUT2D eigenvalue weighted by Crippen LogP contribution is -2.33. The normalized spacial score (nSPS) is 11.8. The summed E-state index contributed by atoms with van der Waals surface area (Å²) in [6, 6.07) is 5.87. The highest BCUT2D eigenvalue weighted by atomic mass is 79.9. The van der Waals surface area contributed by atoms with E-state index >= 15 is 0 Å². The predicted octanol–water partition coefficient (Wildman–Crippen LogP) is 2.78. The molecule has 1 aromatic carbocycles. The first-order chi connectivity index (χ1) is 10.2. The van der Waals surface area contributed by atoms with Crippen LogP contribution in [0.2, 0.25) is 0 Å². The molecule has 0 aliphatic rings. The maximum absolute atomic E-state index is 11.9. The minimum atomic E-state index is -0.337. The van der Waals surface area contributed by atoms with Gasteiger partial charge >= 0.3 is 0 Å². The molecule has 1 heterocycles. The second-order valence-corrected chi connectivity index (χ2v) is 6.38. The smallest absolute Gasteiger partial charge is 0.269 e. The average Bonchev–Trinajstić information content (AvgIpc) is 2.87. The van der Waals surface area contributed by atoms with Crippen LogP contribution in [0.4, 0.5) is 0 Å². The van der Waals surface area contributed by atoms with Gasteiger partial charge in [0.25, 0.3) is 5.91 Å². The van der Waals surface area contributed by atoms with Crippen LogP contribution in [0.1, 0.15) is 5.56 Å². The fraction of sp³-hybridized carbons (Fsp3) is 0.286. The molecule has 0 aliphatic heterocycles. The molecule has 0 bridgehead atoms. The molecule has 0 saturated heterocycles. The summed E-state index contributed by atoms with van der Waals surface area (Å²) in [5.41, 5.74) is 2.00. The zero-order chi connectivity index (χ0) is 15.2. The second-order valence-electron chi connectivity index (χ2n) is 4.48. The number of nitrogens with one attached hydrogen (secondary N) is 2. The summed E-state index contributed by atoms with van der Waals surface area (Å²) in [5, 5.41) is 16.0. The van der Waals surface area contributed by atoms with Crippen LogP contribution >= 0.6 is 27.7 Å². The number of aromatic nitrogens is 1. The first-order valence-corrected chi connectivity index (χ1v) is 8.58. The zero-order valence-electron chi connectivity index (χ0n) is 11.5. The predicted molar refractivity (Wildman–Crippen MR) is 90.3 cm³/mol. The van der Waals surface area contributed by atoms with E-state index in [0.717, 1.165) is 26.7 Å². The molecule has 2 rings (SSSR count). The van der Waals surface area contributed by atoms with E-state index in [2.05, 4.69) is 31.4 Å². The van der Waals surface area contributed by atoms with Crippen LogP contribution < -0.4 is 5.32 Å². The topological polar surface area (TPSA) is 77.5 Å². The number of aromatic amines is 1. The molecule has 5 nitrogen and oxygen atoms in total. The summed E-state index contributed by atoms with van der Waals surface area (Å²) < 4.78 is 0.961. The SMILES string of the molecule is CSCCNC(=O)/C(Cc1c[nH]c2ccc(Br)cc12)=N/O. The monoisotopic (exact) mass is 369 g/mol. The van der Waals surface area contributed by atoms with Crippen LogP contribution in [0, 0.1) is 0 Å². The Hall–Kier alpha value is -1.47. The van der Waals surface area contributed by atoms with Gasteiger partial charge in [0.2, 0.25) is 0 Å². The van der Waals surface area contributed by atoms with Crippen molar-refractivity contribution in [1.82, 2.24) is 10.3 Å². The Kier molecular flexibility index (Phi) is 5.69. The number of carbonyl (C=O) groups is 1. The number of amides is 1. The molecule has 0 aliphatic carbocycles. The summed E-state index contributed by atoms with van der Waals surface area (Å²) >= 11 is 5.07. The molecule has 1 aromatic heterocycles. The Morgan fingerprint density at radius 3 is 3.05 bits per heavy atom. The van der Waals surface area contributed by atoms with E-state index in [-0.39, 0.29) is 18.0 Å². The van der Waals surface area contributed by atoms with Gasteiger partial charge in [-0.05, 0) is 30.0 Å².